The van der Waals surface area contributed by atoms with E-state index in [0.717, 1.165) is 0 Å². The van der Waals surface area contributed by atoms with Crippen molar-refractivity contribution in [1.29, 1.82) is 0 Å². The highest BCUT2D eigenvalue weighted by Gasteiger charge is 2.93. The number of rotatable bonds is 7. The van der Waals surface area contributed by atoms with Crippen LogP contribution in [0.2, 0.25) is 0 Å². The van der Waals surface area contributed by atoms with Crippen molar-refractivity contribution in [1.82, 2.24) is 0 Å². The number of allylic oxidation sites excluding steroid dienone is 2. The summed E-state index contributed by atoms with van der Waals surface area (Å²) < 4.78 is 204. The maximum atomic E-state index is 13.2. The van der Waals surface area contributed by atoms with E-state index in [9.17, 15) is 75.0 Å². The highest BCUT2D eigenvalue weighted by atomic mass is 19.4. The summed E-state index contributed by atoms with van der Waals surface area (Å²) in [5, 5.41) is 0. The van der Waals surface area contributed by atoms with Crippen LogP contribution in [0, 0.1) is 0 Å². The van der Waals surface area contributed by atoms with Gasteiger partial charge in [-0.05, 0) is 6.92 Å². The molecular formula is C11H4F16O. The molecule has 0 aromatic rings. The average molecular weight is 456 g/mol. The van der Waals surface area contributed by atoms with Crippen LogP contribution < -0.4 is 0 Å². The van der Waals surface area contributed by atoms with E-state index in [1.54, 1.807) is 0 Å². The van der Waals surface area contributed by atoms with E-state index in [-0.39, 0.29) is 6.92 Å². The van der Waals surface area contributed by atoms with E-state index in [1.165, 1.54) is 0 Å². The third-order valence-corrected chi connectivity index (χ3v) is 2.96. The molecule has 0 spiro atoms. The third-order valence-electron chi connectivity index (χ3n) is 2.96. The van der Waals surface area contributed by atoms with Gasteiger partial charge in [-0.25, -0.2) is 4.39 Å². The molecular weight excluding hydrogens is 452 g/mol. The number of ketones is 1. The van der Waals surface area contributed by atoms with E-state index in [4.69, 9.17) is 0 Å². The van der Waals surface area contributed by atoms with Crippen LogP contribution in [-0.4, -0.2) is 47.5 Å². The van der Waals surface area contributed by atoms with Gasteiger partial charge in [0.1, 0.15) is 0 Å². The zero-order valence-electron chi connectivity index (χ0n) is 12.5. The van der Waals surface area contributed by atoms with Crippen LogP contribution in [0.5, 0.6) is 0 Å². The van der Waals surface area contributed by atoms with Gasteiger partial charge >= 0.3 is 41.7 Å². The van der Waals surface area contributed by atoms with Gasteiger partial charge in [-0.3, -0.25) is 4.79 Å². The van der Waals surface area contributed by atoms with Gasteiger partial charge in [-0.15, -0.1) is 0 Å². The van der Waals surface area contributed by atoms with Crippen LogP contribution in [0.25, 0.3) is 0 Å². The number of hydrogen-bond donors (Lipinski definition) is 0. The minimum absolute atomic E-state index is 0.151. The van der Waals surface area contributed by atoms with Crippen LogP contribution in [0.1, 0.15) is 6.92 Å². The Morgan fingerprint density at radius 1 is 0.571 bits per heavy atom. The topological polar surface area (TPSA) is 17.1 Å². The lowest BCUT2D eigenvalue weighted by Gasteiger charge is -2.41. The summed E-state index contributed by atoms with van der Waals surface area (Å²) in [7, 11) is 0. The fraction of sp³-hybridized carbons (Fsp3) is 0.727. The largest absolute Gasteiger partial charge is 0.460 e. The number of carbonyl (C=O) groups is 1. The lowest BCUT2D eigenvalue weighted by atomic mass is 9.90. The number of halogens is 16. The molecule has 0 atom stereocenters. The van der Waals surface area contributed by atoms with E-state index < -0.39 is 59.4 Å². The first-order chi connectivity index (χ1) is 11.8. The molecule has 0 unspecified atom stereocenters. The molecule has 0 heterocycles. The monoisotopic (exact) mass is 456 g/mol. The predicted octanol–water partition coefficient (Wildman–Crippen LogP) is 5.80. The van der Waals surface area contributed by atoms with Gasteiger partial charge in [0.25, 0.3) is 0 Å². The standard InChI is InChI=1S/C11H4F16O/c1-3(28)2-4(12)5(13,14)6(15,16)7(17,18)8(19,20)9(21,22)10(23,24)11(25,26)27/h2H,1H3/b4-2-. The molecule has 0 aliphatic heterocycles. The summed E-state index contributed by atoms with van der Waals surface area (Å²) in [5.74, 6) is -54.4. The van der Waals surface area contributed by atoms with E-state index >= 15 is 0 Å². The molecule has 1 nitrogen and oxygen atoms in total. The van der Waals surface area contributed by atoms with Gasteiger partial charge in [0, 0.05) is 6.08 Å². The first-order valence-corrected chi connectivity index (χ1v) is 6.06. The van der Waals surface area contributed by atoms with Crippen molar-refractivity contribution in [3.63, 3.8) is 0 Å². The molecule has 0 aliphatic rings. The molecule has 0 radical (unpaired) electrons. The third kappa shape index (κ3) is 3.40. The molecule has 17 heteroatoms. The SMILES string of the molecule is CC(=O)/C=C(\F)C(F)(F)C(F)(F)C(F)(F)C(F)(F)C(F)(F)C(F)(F)C(F)(F)F. The fourth-order valence-electron chi connectivity index (χ4n) is 1.39. The zero-order valence-corrected chi connectivity index (χ0v) is 12.5. The quantitative estimate of drug-likeness (QED) is 0.350. The van der Waals surface area contributed by atoms with Crippen LogP contribution in [0.3, 0.4) is 0 Å². The summed E-state index contributed by atoms with van der Waals surface area (Å²) >= 11 is 0. The Hall–Kier alpha value is -1.71. The Balaban J connectivity index is 6.67. The van der Waals surface area contributed by atoms with Crippen molar-refractivity contribution in [3.8, 4) is 0 Å². The van der Waals surface area contributed by atoms with Gasteiger partial charge in [0.2, 0.25) is 0 Å². The highest BCUT2D eigenvalue weighted by Crippen LogP contribution is 2.63. The molecule has 28 heavy (non-hydrogen) atoms. The number of hydrogen-bond acceptors (Lipinski definition) is 1. The summed E-state index contributed by atoms with van der Waals surface area (Å²) in [4.78, 5) is 10.3. The lowest BCUT2D eigenvalue weighted by molar-refractivity contribution is -0.450. The van der Waals surface area contributed by atoms with Gasteiger partial charge in [0.05, 0.1) is 0 Å². The Labute approximate surface area is 143 Å². The van der Waals surface area contributed by atoms with Crippen LogP contribution in [-0.2, 0) is 4.79 Å². The second-order valence-electron chi connectivity index (χ2n) is 5.05. The molecule has 166 valence electrons. The highest BCUT2D eigenvalue weighted by molar-refractivity contribution is 5.87. The maximum absolute atomic E-state index is 13.2. The molecule has 0 amide bonds. The van der Waals surface area contributed by atoms with Crippen molar-refractivity contribution < 1.29 is 75.0 Å². The second-order valence-corrected chi connectivity index (χ2v) is 5.05. The first-order valence-electron chi connectivity index (χ1n) is 6.06. The summed E-state index contributed by atoms with van der Waals surface area (Å²) in [6.07, 6.45) is -8.88. The van der Waals surface area contributed by atoms with Gasteiger partial charge in [-0.1, -0.05) is 0 Å². The van der Waals surface area contributed by atoms with Crippen LogP contribution >= 0.6 is 0 Å². The van der Waals surface area contributed by atoms with E-state index in [1.807, 2.05) is 0 Å². The average Bonchev–Trinajstić information content (AvgIpc) is 2.43. The molecule has 0 aliphatic carbocycles. The number of carbonyl (C=O) groups excluding carboxylic acids is 1. The summed E-state index contributed by atoms with van der Waals surface area (Å²) in [5.41, 5.74) is 0. The van der Waals surface area contributed by atoms with E-state index in [2.05, 4.69) is 0 Å². The first kappa shape index (κ1) is 26.3. The van der Waals surface area contributed by atoms with Crippen molar-refractivity contribution in [2.45, 2.75) is 48.6 Å². The van der Waals surface area contributed by atoms with Crippen molar-refractivity contribution in [3.05, 3.63) is 11.9 Å². The molecule has 0 fully saturated rings. The fourth-order valence-corrected chi connectivity index (χ4v) is 1.39. The van der Waals surface area contributed by atoms with Gasteiger partial charge in [-0.2, -0.15) is 65.9 Å². The molecule has 0 saturated heterocycles. The second kappa shape index (κ2) is 6.67. The maximum Gasteiger partial charge on any atom is 0.460 e. The summed E-state index contributed by atoms with van der Waals surface area (Å²) in [6, 6.07) is 0. The Kier molecular flexibility index (Phi) is 6.26. The molecule has 0 aromatic heterocycles. The molecule has 0 N–H and O–H groups in total. The van der Waals surface area contributed by atoms with Gasteiger partial charge in [0.15, 0.2) is 11.6 Å². The van der Waals surface area contributed by atoms with Gasteiger partial charge < -0.3 is 0 Å². The lowest BCUT2D eigenvalue weighted by Crippen LogP contribution is -2.72. The Bertz CT molecular complexity index is 639. The Morgan fingerprint density at radius 3 is 1.14 bits per heavy atom. The van der Waals surface area contributed by atoms with Crippen molar-refractivity contribution in [2.24, 2.45) is 0 Å². The molecule has 0 bridgehead atoms. The molecule has 0 aromatic carbocycles. The predicted molar refractivity (Wildman–Crippen MR) is 55.6 cm³/mol. The van der Waals surface area contributed by atoms with Crippen molar-refractivity contribution in [2.75, 3.05) is 0 Å². The molecule has 0 saturated carbocycles. The smallest absolute Gasteiger partial charge is 0.295 e. The minimum Gasteiger partial charge on any atom is -0.295 e. The normalized spacial score (nSPS) is 16.4. The number of alkyl halides is 15. The zero-order chi connectivity index (χ0) is 23.4. The summed E-state index contributed by atoms with van der Waals surface area (Å²) in [6.45, 7) is 0.151. The molecule has 0 rings (SSSR count). The van der Waals surface area contributed by atoms with E-state index in [0.29, 0.717) is 0 Å². The van der Waals surface area contributed by atoms with Crippen LogP contribution in [0.15, 0.2) is 11.9 Å². The minimum atomic E-state index is -8.50. The van der Waals surface area contributed by atoms with Crippen molar-refractivity contribution >= 4 is 5.78 Å². The Morgan fingerprint density at radius 2 is 0.857 bits per heavy atom. The van der Waals surface area contributed by atoms with Crippen LogP contribution in [0.4, 0.5) is 70.2 Å².